The molecule has 0 bridgehead atoms. The lowest BCUT2D eigenvalue weighted by Crippen LogP contribution is -2.38. The first-order valence-electron chi connectivity index (χ1n) is 6.71. The van der Waals surface area contributed by atoms with Crippen molar-refractivity contribution in [3.63, 3.8) is 0 Å². The van der Waals surface area contributed by atoms with Gasteiger partial charge in [0.1, 0.15) is 0 Å². The minimum absolute atomic E-state index is 0.151. The van der Waals surface area contributed by atoms with E-state index in [2.05, 4.69) is 4.90 Å². The average molecular weight is 245 g/mol. The van der Waals surface area contributed by atoms with Crippen LogP contribution in [0.25, 0.3) is 0 Å². The van der Waals surface area contributed by atoms with Crippen LogP contribution in [0.15, 0.2) is 0 Å². The molecule has 0 saturated carbocycles. The fraction of sp³-hybridized carbons (Fsp3) is 1.00. The Hall–Kier alpha value is -0.160. The van der Waals surface area contributed by atoms with E-state index in [9.17, 15) is 5.11 Å². The molecule has 0 radical (unpaired) electrons. The first kappa shape index (κ1) is 14.9. The van der Waals surface area contributed by atoms with Crippen LogP contribution in [0.4, 0.5) is 0 Å². The SMILES string of the molecule is COCCCOCCN1CCC(C(C)O)CC1. The van der Waals surface area contributed by atoms with Gasteiger partial charge in [-0.15, -0.1) is 0 Å². The molecule has 1 saturated heterocycles. The summed E-state index contributed by atoms with van der Waals surface area (Å²) < 4.78 is 10.5. The van der Waals surface area contributed by atoms with Gasteiger partial charge in [-0.3, -0.25) is 0 Å². The Labute approximate surface area is 105 Å². The number of piperidine rings is 1. The second-order valence-corrected chi connectivity index (χ2v) is 4.88. The van der Waals surface area contributed by atoms with Gasteiger partial charge in [0.25, 0.3) is 0 Å². The lowest BCUT2D eigenvalue weighted by atomic mass is 9.92. The summed E-state index contributed by atoms with van der Waals surface area (Å²) in [6.07, 6.45) is 3.05. The lowest BCUT2D eigenvalue weighted by Gasteiger charge is -2.33. The van der Waals surface area contributed by atoms with Crippen LogP contribution in [0, 0.1) is 5.92 Å². The van der Waals surface area contributed by atoms with Crippen molar-refractivity contribution in [3.05, 3.63) is 0 Å². The van der Waals surface area contributed by atoms with Crippen molar-refractivity contribution in [2.75, 3.05) is 46.6 Å². The average Bonchev–Trinajstić information content (AvgIpc) is 2.34. The van der Waals surface area contributed by atoms with Gasteiger partial charge in [-0.1, -0.05) is 0 Å². The maximum atomic E-state index is 9.50. The molecule has 17 heavy (non-hydrogen) atoms. The second-order valence-electron chi connectivity index (χ2n) is 4.88. The van der Waals surface area contributed by atoms with E-state index in [1.165, 1.54) is 0 Å². The van der Waals surface area contributed by atoms with Crippen LogP contribution < -0.4 is 0 Å². The van der Waals surface area contributed by atoms with Gasteiger partial charge in [0, 0.05) is 26.9 Å². The highest BCUT2D eigenvalue weighted by Gasteiger charge is 2.21. The monoisotopic (exact) mass is 245 g/mol. The van der Waals surface area contributed by atoms with Crippen LogP contribution in [0.3, 0.4) is 0 Å². The normalized spacial score (nSPS) is 20.6. The number of likely N-dealkylation sites (tertiary alicyclic amines) is 1. The standard InChI is InChI=1S/C13H27NO3/c1-12(15)13-4-6-14(7-5-13)8-11-17-10-3-9-16-2/h12-13,15H,3-11H2,1-2H3. The van der Waals surface area contributed by atoms with Gasteiger partial charge in [0.15, 0.2) is 0 Å². The molecule has 1 rings (SSSR count). The molecular weight excluding hydrogens is 218 g/mol. The molecule has 4 heteroatoms. The Morgan fingerprint density at radius 1 is 1.24 bits per heavy atom. The zero-order chi connectivity index (χ0) is 12.5. The fourth-order valence-corrected chi connectivity index (χ4v) is 2.26. The molecule has 4 nitrogen and oxygen atoms in total. The van der Waals surface area contributed by atoms with Crippen LogP contribution in [0.1, 0.15) is 26.2 Å². The molecule has 0 aromatic carbocycles. The maximum Gasteiger partial charge on any atom is 0.0593 e. The van der Waals surface area contributed by atoms with E-state index >= 15 is 0 Å². The molecule has 0 amide bonds. The largest absolute Gasteiger partial charge is 0.393 e. The summed E-state index contributed by atoms with van der Waals surface area (Å²) in [5.41, 5.74) is 0. The number of aliphatic hydroxyl groups is 1. The number of rotatable bonds is 8. The maximum absolute atomic E-state index is 9.50. The highest BCUT2D eigenvalue weighted by atomic mass is 16.5. The van der Waals surface area contributed by atoms with Crippen molar-refractivity contribution >= 4 is 0 Å². The van der Waals surface area contributed by atoms with Gasteiger partial charge >= 0.3 is 0 Å². The van der Waals surface area contributed by atoms with Crippen LogP contribution in [0.2, 0.25) is 0 Å². The van der Waals surface area contributed by atoms with Gasteiger partial charge in [0.05, 0.1) is 12.7 Å². The third-order valence-electron chi connectivity index (χ3n) is 3.50. The Kier molecular flexibility index (Phi) is 7.77. The summed E-state index contributed by atoms with van der Waals surface area (Å²) >= 11 is 0. The predicted octanol–water partition coefficient (Wildman–Crippen LogP) is 1.13. The molecule has 0 spiro atoms. The van der Waals surface area contributed by atoms with Gasteiger partial charge in [-0.2, -0.15) is 0 Å². The minimum atomic E-state index is -0.151. The Morgan fingerprint density at radius 3 is 2.53 bits per heavy atom. The van der Waals surface area contributed by atoms with E-state index in [1.807, 2.05) is 6.92 Å². The summed E-state index contributed by atoms with van der Waals surface area (Å²) in [5, 5.41) is 9.50. The van der Waals surface area contributed by atoms with Crippen LogP contribution in [0.5, 0.6) is 0 Å². The number of nitrogens with zero attached hydrogens (tertiary/aromatic N) is 1. The van der Waals surface area contributed by atoms with E-state index < -0.39 is 0 Å². The molecule has 1 N–H and O–H groups in total. The van der Waals surface area contributed by atoms with Crippen molar-refractivity contribution in [2.45, 2.75) is 32.3 Å². The molecule has 0 aliphatic carbocycles. The molecule has 1 fully saturated rings. The summed E-state index contributed by atoms with van der Waals surface area (Å²) in [5.74, 6) is 0.494. The molecule has 1 unspecified atom stereocenters. The second kappa shape index (κ2) is 8.86. The Morgan fingerprint density at radius 2 is 1.94 bits per heavy atom. The molecule has 0 aromatic heterocycles. The number of hydrogen-bond donors (Lipinski definition) is 1. The minimum Gasteiger partial charge on any atom is -0.393 e. The third-order valence-corrected chi connectivity index (χ3v) is 3.50. The summed E-state index contributed by atoms with van der Waals surface area (Å²) in [6, 6.07) is 0. The highest BCUT2D eigenvalue weighted by molar-refractivity contribution is 4.75. The molecule has 102 valence electrons. The molecule has 1 atom stereocenters. The molecule has 1 aliphatic heterocycles. The van der Waals surface area contributed by atoms with E-state index in [1.54, 1.807) is 7.11 Å². The van der Waals surface area contributed by atoms with Gasteiger partial charge in [-0.25, -0.2) is 0 Å². The summed E-state index contributed by atoms with van der Waals surface area (Å²) in [7, 11) is 1.71. The zero-order valence-electron chi connectivity index (χ0n) is 11.2. The quantitative estimate of drug-likeness (QED) is 0.651. The predicted molar refractivity (Wildman–Crippen MR) is 68.2 cm³/mol. The fourth-order valence-electron chi connectivity index (χ4n) is 2.26. The number of aliphatic hydroxyl groups excluding tert-OH is 1. The number of methoxy groups -OCH3 is 1. The molecule has 0 aromatic rings. The molecule has 1 heterocycles. The smallest absolute Gasteiger partial charge is 0.0593 e. The van der Waals surface area contributed by atoms with Crippen molar-refractivity contribution in [1.29, 1.82) is 0 Å². The summed E-state index contributed by atoms with van der Waals surface area (Å²) in [4.78, 5) is 2.43. The van der Waals surface area contributed by atoms with Gasteiger partial charge in [0.2, 0.25) is 0 Å². The lowest BCUT2D eigenvalue weighted by molar-refractivity contribution is 0.0486. The van der Waals surface area contributed by atoms with E-state index in [4.69, 9.17) is 9.47 Å². The van der Waals surface area contributed by atoms with E-state index in [0.29, 0.717) is 5.92 Å². The van der Waals surface area contributed by atoms with Crippen molar-refractivity contribution in [2.24, 2.45) is 5.92 Å². The number of ether oxygens (including phenoxy) is 2. The Bertz CT molecular complexity index is 180. The van der Waals surface area contributed by atoms with Crippen molar-refractivity contribution in [3.8, 4) is 0 Å². The highest BCUT2D eigenvalue weighted by Crippen LogP contribution is 2.19. The van der Waals surface area contributed by atoms with Crippen molar-refractivity contribution in [1.82, 2.24) is 4.90 Å². The first-order chi connectivity index (χ1) is 8.24. The molecular formula is C13H27NO3. The van der Waals surface area contributed by atoms with Crippen LogP contribution in [-0.4, -0.2) is 62.7 Å². The topological polar surface area (TPSA) is 41.9 Å². The van der Waals surface area contributed by atoms with Crippen LogP contribution in [-0.2, 0) is 9.47 Å². The number of hydrogen-bond acceptors (Lipinski definition) is 4. The van der Waals surface area contributed by atoms with Crippen molar-refractivity contribution < 1.29 is 14.6 Å². The summed E-state index contributed by atoms with van der Waals surface area (Å²) in [6.45, 7) is 7.48. The van der Waals surface area contributed by atoms with E-state index in [0.717, 1.165) is 58.7 Å². The van der Waals surface area contributed by atoms with E-state index in [-0.39, 0.29) is 6.10 Å². The first-order valence-corrected chi connectivity index (χ1v) is 6.71. The van der Waals surface area contributed by atoms with Gasteiger partial charge < -0.3 is 19.5 Å². The third kappa shape index (κ3) is 6.36. The zero-order valence-corrected chi connectivity index (χ0v) is 11.2. The Balaban J connectivity index is 1.95. The van der Waals surface area contributed by atoms with Gasteiger partial charge in [-0.05, 0) is 45.2 Å². The molecule has 1 aliphatic rings. The van der Waals surface area contributed by atoms with Crippen LogP contribution >= 0.6 is 0 Å².